The van der Waals surface area contributed by atoms with Crippen LogP contribution < -0.4 is 0 Å². The van der Waals surface area contributed by atoms with Crippen molar-refractivity contribution in [2.75, 3.05) is 19.6 Å². The second-order valence-corrected chi connectivity index (χ2v) is 4.63. The molecule has 2 nitrogen and oxygen atoms in total. The van der Waals surface area contributed by atoms with Gasteiger partial charge in [0.25, 0.3) is 0 Å². The van der Waals surface area contributed by atoms with E-state index in [0.717, 1.165) is 6.54 Å². The molecule has 2 saturated heterocycles. The first-order chi connectivity index (χ1) is 6.38. The third kappa shape index (κ3) is 2.36. The van der Waals surface area contributed by atoms with Gasteiger partial charge in [-0.05, 0) is 57.0 Å². The predicted octanol–water partition coefficient (Wildman–Crippen LogP) is 2.44. The molecule has 3 heteroatoms. The summed E-state index contributed by atoms with van der Waals surface area (Å²) in [6.45, 7) is 3.59. The normalized spacial score (nSPS) is 33.5. The maximum atomic E-state index is 6.21. The molecule has 2 aliphatic rings. The van der Waals surface area contributed by atoms with Crippen molar-refractivity contribution < 1.29 is 0 Å². The van der Waals surface area contributed by atoms with Gasteiger partial charge in [-0.15, -0.1) is 0 Å². The summed E-state index contributed by atoms with van der Waals surface area (Å²) in [7, 11) is 0. The van der Waals surface area contributed by atoms with E-state index in [9.17, 15) is 0 Å². The average molecular weight is 203 g/mol. The first kappa shape index (κ1) is 9.75. The molecular weight excluding hydrogens is 184 g/mol. The van der Waals surface area contributed by atoms with Gasteiger partial charge in [0.05, 0.1) is 6.17 Å². The summed E-state index contributed by atoms with van der Waals surface area (Å²) in [6, 6.07) is 0. The van der Waals surface area contributed by atoms with Crippen LogP contribution in [0.3, 0.4) is 0 Å². The molecule has 0 aromatic rings. The molecule has 0 N–H and O–H groups in total. The number of likely N-dealkylation sites (tertiary alicyclic amines) is 1. The lowest BCUT2D eigenvalue weighted by Crippen LogP contribution is -2.48. The van der Waals surface area contributed by atoms with Gasteiger partial charge in [-0.3, -0.25) is 4.90 Å². The molecule has 1 atom stereocenters. The number of halogens is 1. The van der Waals surface area contributed by atoms with Crippen LogP contribution in [0.4, 0.5) is 0 Å². The molecule has 2 heterocycles. The van der Waals surface area contributed by atoms with Gasteiger partial charge >= 0.3 is 0 Å². The Morgan fingerprint density at radius 3 is 2.23 bits per heavy atom. The van der Waals surface area contributed by atoms with Crippen LogP contribution in [0.1, 0.15) is 38.5 Å². The highest BCUT2D eigenvalue weighted by atomic mass is 35.5. The van der Waals surface area contributed by atoms with Crippen LogP contribution in [0.5, 0.6) is 0 Å². The topological polar surface area (TPSA) is 6.48 Å². The minimum Gasteiger partial charge on any atom is -0.287 e. The van der Waals surface area contributed by atoms with Gasteiger partial charge in [0.15, 0.2) is 0 Å². The smallest absolute Gasteiger partial charge is 0.0767 e. The van der Waals surface area contributed by atoms with Crippen molar-refractivity contribution in [3.63, 3.8) is 0 Å². The summed E-state index contributed by atoms with van der Waals surface area (Å²) < 4.78 is 2.02. The summed E-state index contributed by atoms with van der Waals surface area (Å²) in [5.74, 6) is 0. The molecular formula is C10H19ClN2. The van der Waals surface area contributed by atoms with E-state index in [1.54, 1.807) is 0 Å². The van der Waals surface area contributed by atoms with Gasteiger partial charge in [0, 0.05) is 6.54 Å². The van der Waals surface area contributed by atoms with E-state index in [2.05, 4.69) is 4.90 Å². The Balaban J connectivity index is 1.88. The van der Waals surface area contributed by atoms with Crippen LogP contribution >= 0.6 is 11.8 Å². The largest absolute Gasteiger partial charge is 0.287 e. The minimum atomic E-state index is 0.538. The minimum absolute atomic E-state index is 0.538. The monoisotopic (exact) mass is 202 g/mol. The summed E-state index contributed by atoms with van der Waals surface area (Å²) in [6.07, 6.45) is 8.56. The summed E-state index contributed by atoms with van der Waals surface area (Å²) in [4.78, 5) is 2.57. The molecule has 0 aromatic carbocycles. The maximum absolute atomic E-state index is 6.21. The van der Waals surface area contributed by atoms with Gasteiger partial charge in [-0.2, -0.15) is 0 Å². The lowest BCUT2D eigenvalue weighted by molar-refractivity contribution is 0.0560. The summed E-state index contributed by atoms with van der Waals surface area (Å²) in [5, 5.41) is 0. The van der Waals surface area contributed by atoms with Crippen LogP contribution in [0.2, 0.25) is 0 Å². The lowest BCUT2D eigenvalue weighted by atomic mass is 10.1. The molecule has 0 bridgehead atoms. The predicted molar refractivity (Wildman–Crippen MR) is 55.6 cm³/mol. The Hall–Kier alpha value is 0.210. The van der Waals surface area contributed by atoms with E-state index in [-0.39, 0.29) is 0 Å². The molecule has 0 amide bonds. The SMILES string of the molecule is ClN1CCCCC1N1CCCCC1. The van der Waals surface area contributed by atoms with Crippen LogP contribution in [-0.2, 0) is 0 Å². The molecule has 1 unspecified atom stereocenters. The number of rotatable bonds is 1. The number of nitrogens with zero attached hydrogens (tertiary/aromatic N) is 2. The molecule has 2 aliphatic heterocycles. The highest BCUT2D eigenvalue weighted by Crippen LogP contribution is 2.24. The van der Waals surface area contributed by atoms with Crippen molar-refractivity contribution in [1.82, 2.24) is 9.32 Å². The zero-order chi connectivity index (χ0) is 9.10. The Morgan fingerprint density at radius 2 is 1.54 bits per heavy atom. The highest BCUT2D eigenvalue weighted by molar-refractivity contribution is 6.13. The fourth-order valence-corrected chi connectivity index (χ4v) is 2.80. The zero-order valence-electron chi connectivity index (χ0n) is 8.21. The van der Waals surface area contributed by atoms with E-state index in [1.165, 1.54) is 51.6 Å². The first-order valence-electron chi connectivity index (χ1n) is 5.54. The van der Waals surface area contributed by atoms with Gasteiger partial charge in [0.1, 0.15) is 0 Å². The molecule has 2 fully saturated rings. The molecule has 0 radical (unpaired) electrons. The average Bonchev–Trinajstić information content (AvgIpc) is 2.20. The molecule has 0 saturated carbocycles. The van der Waals surface area contributed by atoms with Crippen molar-refractivity contribution in [3.8, 4) is 0 Å². The number of piperidine rings is 2. The standard InChI is InChI=1S/C10H19ClN2/c11-13-9-5-2-6-10(13)12-7-3-1-4-8-12/h10H,1-9H2. The third-order valence-electron chi connectivity index (χ3n) is 3.22. The van der Waals surface area contributed by atoms with E-state index >= 15 is 0 Å². The highest BCUT2D eigenvalue weighted by Gasteiger charge is 2.27. The molecule has 76 valence electrons. The summed E-state index contributed by atoms with van der Waals surface area (Å²) in [5.41, 5.74) is 0. The van der Waals surface area contributed by atoms with Crippen molar-refractivity contribution in [1.29, 1.82) is 0 Å². The lowest BCUT2D eigenvalue weighted by Gasteiger charge is -2.40. The molecule has 0 aromatic heterocycles. The van der Waals surface area contributed by atoms with Crippen LogP contribution in [0, 0.1) is 0 Å². The molecule has 2 rings (SSSR count). The van der Waals surface area contributed by atoms with Crippen molar-refractivity contribution in [2.45, 2.75) is 44.7 Å². The van der Waals surface area contributed by atoms with Gasteiger partial charge in [0.2, 0.25) is 0 Å². The van der Waals surface area contributed by atoms with Gasteiger partial charge in [-0.1, -0.05) is 6.42 Å². The Labute approximate surface area is 85.9 Å². The Morgan fingerprint density at radius 1 is 0.846 bits per heavy atom. The molecule has 0 aliphatic carbocycles. The fraction of sp³-hybridized carbons (Fsp3) is 1.00. The van der Waals surface area contributed by atoms with Crippen molar-refractivity contribution >= 4 is 11.8 Å². The molecule has 0 spiro atoms. The Kier molecular flexibility index (Phi) is 3.47. The van der Waals surface area contributed by atoms with Crippen molar-refractivity contribution in [2.24, 2.45) is 0 Å². The van der Waals surface area contributed by atoms with E-state index in [0.29, 0.717) is 6.17 Å². The third-order valence-corrected chi connectivity index (χ3v) is 3.61. The van der Waals surface area contributed by atoms with Crippen LogP contribution in [0.25, 0.3) is 0 Å². The Bertz CT molecular complexity index is 157. The second kappa shape index (κ2) is 4.63. The van der Waals surface area contributed by atoms with Crippen molar-refractivity contribution in [3.05, 3.63) is 0 Å². The van der Waals surface area contributed by atoms with E-state index in [4.69, 9.17) is 11.8 Å². The van der Waals surface area contributed by atoms with Gasteiger partial charge in [-0.25, -0.2) is 4.42 Å². The first-order valence-corrected chi connectivity index (χ1v) is 5.88. The van der Waals surface area contributed by atoms with E-state index in [1.807, 2.05) is 4.42 Å². The van der Waals surface area contributed by atoms with E-state index < -0.39 is 0 Å². The maximum Gasteiger partial charge on any atom is 0.0767 e. The molecule has 13 heavy (non-hydrogen) atoms. The van der Waals surface area contributed by atoms with Crippen LogP contribution in [0.15, 0.2) is 0 Å². The zero-order valence-corrected chi connectivity index (χ0v) is 8.97. The van der Waals surface area contributed by atoms with Gasteiger partial charge < -0.3 is 0 Å². The summed E-state index contributed by atoms with van der Waals surface area (Å²) >= 11 is 6.21. The fourth-order valence-electron chi connectivity index (χ4n) is 2.46. The van der Waals surface area contributed by atoms with Crippen LogP contribution in [-0.4, -0.2) is 35.1 Å². The second-order valence-electron chi connectivity index (χ2n) is 4.20. The number of hydrogen-bond donors (Lipinski definition) is 0. The quantitative estimate of drug-likeness (QED) is 0.603. The number of hydrogen-bond acceptors (Lipinski definition) is 2.